The van der Waals surface area contributed by atoms with Crippen LogP contribution in [0.25, 0.3) is 10.9 Å². The lowest BCUT2D eigenvalue weighted by Crippen LogP contribution is -2.03. The fourth-order valence-electron chi connectivity index (χ4n) is 3.24. The first-order valence-electron chi connectivity index (χ1n) is 8.10. The van der Waals surface area contributed by atoms with E-state index in [2.05, 4.69) is 15.0 Å². The number of nitrogens with two attached hydrogens (primary N) is 1. The van der Waals surface area contributed by atoms with Crippen LogP contribution in [0.2, 0.25) is 0 Å². The Bertz CT molecular complexity index is 1130. The largest absolute Gasteiger partial charge is 0.435 e. The van der Waals surface area contributed by atoms with Crippen molar-refractivity contribution in [1.82, 2.24) is 4.98 Å². The topological polar surface area (TPSA) is 94.3 Å². The first-order valence-corrected chi connectivity index (χ1v) is 9.75. The van der Waals surface area contributed by atoms with Crippen LogP contribution >= 0.6 is 0 Å². The van der Waals surface area contributed by atoms with E-state index >= 15 is 0 Å². The summed E-state index contributed by atoms with van der Waals surface area (Å²) in [7, 11) is -3.30. The van der Waals surface area contributed by atoms with Crippen molar-refractivity contribution in [2.24, 2.45) is 0 Å². The highest BCUT2D eigenvalue weighted by atomic mass is 32.2. The molecule has 0 saturated heterocycles. The molecule has 0 atom stereocenters. The summed E-state index contributed by atoms with van der Waals surface area (Å²) < 4.78 is 53.3. The van der Waals surface area contributed by atoms with Gasteiger partial charge in [-0.2, -0.15) is 8.78 Å². The van der Waals surface area contributed by atoms with E-state index in [9.17, 15) is 17.2 Å². The van der Waals surface area contributed by atoms with Gasteiger partial charge < -0.3 is 15.8 Å². The molecule has 1 aromatic heterocycles. The van der Waals surface area contributed by atoms with E-state index < -0.39 is 16.4 Å². The number of sulfone groups is 1. The molecule has 0 saturated carbocycles. The van der Waals surface area contributed by atoms with Crippen LogP contribution in [0.5, 0.6) is 5.75 Å². The van der Waals surface area contributed by atoms with Crippen LogP contribution in [-0.4, -0.2) is 25.8 Å². The van der Waals surface area contributed by atoms with Gasteiger partial charge in [0, 0.05) is 11.1 Å². The molecule has 2 heterocycles. The third-order valence-corrected chi connectivity index (χ3v) is 6.23. The van der Waals surface area contributed by atoms with E-state index in [4.69, 9.17) is 5.73 Å². The number of ether oxygens (including phenoxy) is 1. The number of anilines is 3. The molecular formula is C18H15F2N3O3S. The van der Waals surface area contributed by atoms with Gasteiger partial charge in [0.2, 0.25) is 0 Å². The number of aromatic nitrogens is 1. The molecule has 2 aromatic carbocycles. The zero-order valence-electron chi connectivity index (χ0n) is 13.9. The maximum Gasteiger partial charge on any atom is 0.387 e. The summed E-state index contributed by atoms with van der Waals surface area (Å²) in [6.07, 6.45) is 1.88. The number of hydrogen-bond acceptors (Lipinski definition) is 6. The standard InChI is InChI=1S/C18H15F2N3O3S/c19-18(20)26-11-3-1-10(2-4-11)23-17-13(21)9-22-14-5-6-15-12(16(14)17)7-8-27(15,24)25/h1-6,9,18H,7-8,21H2,(H,22,23). The molecule has 6 nitrogen and oxygen atoms in total. The van der Waals surface area contributed by atoms with Gasteiger partial charge in [0.15, 0.2) is 9.84 Å². The van der Waals surface area contributed by atoms with Gasteiger partial charge in [0.05, 0.1) is 33.7 Å². The van der Waals surface area contributed by atoms with Crippen LogP contribution in [0.4, 0.5) is 25.8 Å². The van der Waals surface area contributed by atoms with Crippen LogP contribution in [-0.2, 0) is 16.3 Å². The molecule has 3 aromatic rings. The van der Waals surface area contributed by atoms with Gasteiger partial charge in [0.25, 0.3) is 0 Å². The van der Waals surface area contributed by atoms with E-state index in [0.717, 1.165) is 0 Å². The minimum atomic E-state index is -3.30. The zero-order valence-corrected chi connectivity index (χ0v) is 14.8. The number of fused-ring (bicyclic) bond motifs is 3. The van der Waals surface area contributed by atoms with E-state index in [1.807, 2.05) is 0 Å². The molecule has 3 N–H and O–H groups in total. The average molecular weight is 391 g/mol. The molecule has 0 fully saturated rings. The SMILES string of the molecule is Nc1cnc2ccc3c(c2c1Nc1ccc(OC(F)F)cc1)CCS3(=O)=O. The number of nitrogen functional groups attached to an aromatic ring is 1. The average Bonchev–Trinajstić information content (AvgIpc) is 2.93. The molecule has 1 aliphatic heterocycles. The summed E-state index contributed by atoms with van der Waals surface area (Å²) >= 11 is 0. The summed E-state index contributed by atoms with van der Waals surface area (Å²) in [5, 5.41) is 3.80. The molecule has 0 unspecified atom stereocenters. The Kier molecular flexibility index (Phi) is 4.11. The predicted molar refractivity (Wildman–Crippen MR) is 98.3 cm³/mol. The van der Waals surface area contributed by atoms with Crippen molar-refractivity contribution in [3.05, 3.63) is 48.2 Å². The van der Waals surface area contributed by atoms with Crippen molar-refractivity contribution in [3.63, 3.8) is 0 Å². The second-order valence-corrected chi connectivity index (χ2v) is 8.20. The van der Waals surface area contributed by atoms with Gasteiger partial charge in [-0.3, -0.25) is 4.98 Å². The Morgan fingerprint density at radius 2 is 1.89 bits per heavy atom. The number of halogens is 2. The minimum absolute atomic E-state index is 0.0371. The van der Waals surface area contributed by atoms with Gasteiger partial charge >= 0.3 is 6.61 Å². The summed E-state index contributed by atoms with van der Waals surface area (Å²) in [6.45, 7) is -2.90. The lowest BCUT2D eigenvalue weighted by Gasteiger charge is -2.15. The fourth-order valence-corrected chi connectivity index (χ4v) is 4.78. The minimum Gasteiger partial charge on any atom is -0.435 e. The van der Waals surface area contributed by atoms with Gasteiger partial charge in [-0.15, -0.1) is 0 Å². The lowest BCUT2D eigenvalue weighted by molar-refractivity contribution is -0.0498. The number of aryl methyl sites for hydroxylation is 1. The molecule has 0 amide bonds. The van der Waals surface area contributed by atoms with Crippen LogP contribution in [0, 0.1) is 0 Å². The first kappa shape index (κ1) is 17.5. The maximum atomic E-state index is 12.3. The van der Waals surface area contributed by atoms with Gasteiger partial charge in [-0.25, -0.2) is 8.42 Å². The maximum absolute atomic E-state index is 12.3. The fraction of sp³-hybridized carbons (Fsp3) is 0.167. The van der Waals surface area contributed by atoms with Crippen molar-refractivity contribution >= 4 is 37.8 Å². The molecular weight excluding hydrogens is 376 g/mol. The molecule has 0 aliphatic carbocycles. The number of alkyl halides is 2. The normalized spacial score (nSPS) is 15.1. The molecule has 0 radical (unpaired) electrons. The monoisotopic (exact) mass is 391 g/mol. The first-order chi connectivity index (χ1) is 12.8. The predicted octanol–water partition coefficient (Wildman–Crippen LogP) is 3.49. The summed E-state index contributed by atoms with van der Waals surface area (Å²) in [5.74, 6) is 0.0881. The van der Waals surface area contributed by atoms with E-state index in [0.29, 0.717) is 44.8 Å². The zero-order chi connectivity index (χ0) is 19.2. The van der Waals surface area contributed by atoms with E-state index in [1.54, 1.807) is 24.3 Å². The Labute approximate surface area is 153 Å². The van der Waals surface area contributed by atoms with E-state index in [-0.39, 0.29) is 11.5 Å². The number of nitrogens with one attached hydrogen (secondary N) is 1. The van der Waals surface area contributed by atoms with Crippen molar-refractivity contribution in [2.75, 3.05) is 16.8 Å². The van der Waals surface area contributed by atoms with Crippen molar-refractivity contribution in [2.45, 2.75) is 17.9 Å². The third-order valence-electron chi connectivity index (χ3n) is 4.43. The van der Waals surface area contributed by atoms with E-state index in [1.165, 1.54) is 18.3 Å². The van der Waals surface area contributed by atoms with Crippen molar-refractivity contribution < 1.29 is 21.9 Å². The van der Waals surface area contributed by atoms with Crippen LogP contribution in [0.1, 0.15) is 5.56 Å². The number of pyridine rings is 1. The highest BCUT2D eigenvalue weighted by Gasteiger charge is 2.29. The third kappa shape index (κ3) is 3.14. The number of benzene rings is 2. The van der Waals surface area contributed by atoms with Crippen LogP contribution in [0.15, 0.2) is 47.5 Å². The summed E-state index contributed by atoms with van der Waals surface area (Å²) in [6, 6.07) is 9.18. The highest BCUT2D eigenvalue weighted by molar-refractivity contribution is 7.91. The van der Waals surface area contributed by atoms with Gasteiger partial charge in [0.1, 0.15) is 5.75 Å². The second-order valence-electron chi connectivity index (χ2n) is 6.12. The molecule has 1 aliphatic rings. The molecule has 9 heteroatoms. The van der Waals surface area contributed by atoms with Crippen LogP contribution in [0.3, 0.4) is 0 Å². The highest BCUT2D eigenvalue weighted by Crippen LogP contribution is 2.39. The Morgan fingerprint density at radius 3 is 2.59 bits per heavy atom. The Morgan fingerprint density at radius 1 is 1.15 bits per heavy atom. The van der Waals surface area contributed by atoms with Gasteiger partial charge in [-0.05, 0) is 48.4 Å². The van der Waals surface area contributed by atoms with Crippen LogP contribution < -0.4 is 15.8 Å². The Hall–Kier alpha value is -2.94. The lowest BCUT2D eigenvalue weighted by atomic mass is 10.0. The summed E-state index contributed by atoms with van der Waals surface area (Å²) in [4.78, 5) is 4.59. The molecule has 0 spiro atoms. The molecule has 140 valence electrons. The van der Waals surface area contributed by atoms with Crippen molar-refractivity contribution in [1.29, 1.82) is 0 Å². The Balaban J connectivity index is 1.80. The second kappa shape index (κ2) is 6.34. The van der Waals surface area contributed by atoms with Gasteiger partial charge in [-0.1, -0.05) is 0 Å². The van der Waals surface area contributed by atoms with Crippen molar-refractivity contribution in [3.8, 4) is 5.75 Å². The number of hydrogen-bond donors (Lipinski definition) is 2. The quantitative estimate of drug-likeness (QED) is 0.707. The molecule has 4 rings (SSSR count). The number of rotatable bonds is 4. The molecule has 0 bridgehead atoms. The number of nitrogens with zero attached hydrogens (tertiary/aromatic N) is 1. The molecule has 27 heavy (non-hydrogen) atoms. The summed E-state index contributed by atoms with van der Waals surface area (Å²) in [5.41, 5.74) is 8.89. The smallest absolute Gasteiger partial charge is 0.387 e.